The first-order chi connectivity index (χ1) is 7.02. The second-order valence-electron chi connectivity index (χ2n) is 5.01. The number of likely N-dealkylation sites (tertiary alicyclic amines) is 1. The smallest absolute Gasteiger partial charge is 0.410 e. The summed E-state index contributed by atoms with van der Waals surface area (Å²) in [4.78, 5) is 13.7. The number of hydrogen-bond donors (Lipinski definition) is 0. The highest BCUT2D eigenvalue weighted by molar-refractivity contribution is 5.68. The fourth-order valence-corrected chi connectivity index (χ4v) is 2.09. The molecule has 88 valence electrons. The molecular weight excluding hydrogens is 190 g/mol. The Morgan fingerprint density at radius 3 is 2.33 bits per heavy atom. The van der Waals surface area contributed by atoms with Gasteiger partial charge in [0.2, 0.25) is 0 Å². The molecule has 3 heteroatoms. The summed E-state index contributed by atoms with van der Waals surface area (Å²) in [5.74, 6) is 0.407. The molecule has 0 saturated carbocycles. The molecule has 1 amide bonds. The van der Waals surface area contributed by atoms with Crippen molar-refractivity contribution in [1.29, 1.82) is 0 Å². The van der Waals surface area contributed by atoms with Gasteiger partial charge in [0, 0.05) is 12.1 Å². The topological polar surface area (TPSA) is 29.5 Å². The van der Waals surface area contributed by atoms with Crippen LogP contribution in [0.15, 0.2) is 0 Å². The van der Waals surface area contributed by atoms with Crippen molar-refractivity contribution in [3.63, 3.8) is 0 Å². The number of carbonyl (C=O) groups excluding carboxylic acids is 1. The quantitative estimate of drug-likeness (QED) is 0.705. The van der Waals surface area contributed by atoms with Crippen LogP contribution in [0.1, 0.15) is 47.0 Å². The summed E-state index contributed by atoms with van der Waals surface area (Å²) in [6.45, 7) is 8.83. The fraction of sp³-hybridized carbons (Fsp3) is 0.917. The van der Waals surface area contributed by atoms with Gasteiger partial charge in [0.25, 0.3) is 0 Å². The molecule has 0 N–H and O–H groups in total. The van der Waals surface area contributed by atoms with Crippen LogP contribution < -0.4 is 0 Å². The molecule has 2 atom stereocenters. The van der Waals surface area contributed by atoms with Crippen molar-refractivity contribution in [3.05, 3.63) is 0 Å². The van der Waals surface area contributed by atoms with Gasteiger partial charge in [-0.25, -0.2) is 4.79 Å². The molecule has 0 unspecified atom stereocenters. The molecule has 1 aliphatic rings. The molecule has 1 rings (SSSR count). The van der Waals surface area contributed by atoms with Crippen LogP contribution in [0.5, 0.6) is 0 Å². The van der Waals surface area contributed by atoms with E-state index in [1.54, 1.807) is 0 Å². The summed E-state index contributed by atoms with van der Waals surface area (Å²) in [7, 11) is 0. The zero-order chi connectivity index (χ0) is 11.4. The largest absolute Gasteiger partial charge is 0.449 e. The van der Waals surface area contributed by atoms with Crippen LogP contribution in [0.3, 0.4) is 0 Å². The standard InChI is InChI=1S/C12H23NO2/c1-9(2)8-15-12(14)13-10(3)6-5-7-11(13)4/h9-11H,5-8H2,1-4H3/t10-,11+. The SMILES string of the molecule is CC(C)COC(=O)N1[C@H](C)CCC[C@@H]1C. The average molecular weight is 213 g/mol. The normalized spacial score (nSPS) is 26.9. The Morgan fingerprint density at radius 1 is 1.33 bits per heavy atom. The highest BCUT2D eigenvalue weighted by Gasteiger charge is 2.29. The van der Waals surface area contributed by atoms with Crippen LogP contribution in [0.2, 0.25) is 0 Å². The molecule has 0 aromatic rings. The Labute approximate surface area is 92.8 Å². The minimum atomic E-state index is -0.136. The van der Waals surface area contributed by atoms with Gasteiger partial charge in [0.05, 0.1) is 6.61 Å². The number of hydrogen-bond acceptors (Lipinski definition) is 2. The van der Waals surface area contributed by atoms with Gasteiger partial charge in [-0.1, -0.05) is 13.8 Å². The molecule has 15 heavy (non-hydrogen) atoms. The summed E-state index contributed by atoms with van der Waals surface area (Å²) in [5.41, 5.74) is 0. The van der Waals surface area contributed by atoms with Gasteiger partial charge in [-0.15, -0.1) is 0 Å². The van der Waals surface area contributed by atoms with Gasteiger partial charge in [0.15, 0.2) is 0 Å². The molecule has 0 radical (unpaired) electrons. The summed E-state index contributed by atoms with van der Waals surface area (Å²) in [6, 6.07) is 0.654. The Morgan fingerprint density at radius 2 is 1.87 bits per heavy atom. The third kappa shape index (κ3) is 3.40. The minimum absolute atomic E-state index is 0.136. The summed E-state index contributed by atoms with van der Waals surface area (Å²) in [6.07, 6.45) is 3.28. The van der Waals surface area contributed by atoms with E-state index in [4.69, 9.17) is 4.74 Å². The van der Waals surface area contributed by atoms with E-state index in [9.17, 15) is 4.79 Å². The molecule has 3 nitrogen and oxygen atoms in total. The maximum Gasteiger partial charge on any atom is 0.410 e. The number of carbonyl (C=O) groups is 1. The van der Waals surface area contributed by atoms with Crippen LogP contribution in [0, 0.1) is 5.92 Å². The Balaban J connectivity index is 2.48. The number of nitrogens with zero attached hydrogens (tertiary/aromatic N) is 1. The van der Waals surface area contributed by atoms with E-state index >= 15 is 0 Å². The van der Waals surface area contributed by atoms with E-state index in [-0.39, 0.29) is 6.09 Å². The van der Waals surface area contributed by atoms with E-state index in [2.05, 4.69) is 27.7 Å². The monoisotopic (exact) mass is 213 g/mol. The molecule has 0 aromatic heterocycles. The Kier molecular flexibility index (Phi) is 4.43. The van der Waals surface area contributed by atoms with Gasteiger partial charge >= 0.3 is 6.09 Å². The number of amides is 1. The van der Waals surface area contributed by atoms with Crippen molar-refractivity contribution >= 4 is 6.09 Å². The lowest BCUT2D eigenvalue weighted by Crippen LogP contribution is -2.47. The third-order valence-electron chi connectivity index (χ3n) is 2.94. The zero-order valence-corrected chi connectivity index (χ0v) is 10.3. The summed E-state index contributed by atoms with van der Waals surface area (Å²) in [5, 5.41) is 0. The maximum atomic E-state index is 11.8. The van der Waals surface area contributed by atoms with Crippen molar-refractivity contribution in [3.8, 4) is 0 Å². The molecule has 0 spiro atoms. The highest BCUT2D eigenvalue weighted by atomic mass is 16.6. The zero-order valence-electron chi connectivity index (χ0n) is 10.3. The molecule has 0 aromatic carbocycles. The highest BCUT2D eigenvalue weighted by Crippen LogP contribution is 2.23. The van der Waals surface area contributed by atoms with Gasteiger partial charge in [0.1, 0.15) is 0 Å². The minimum Gasteiger partial charge on any atom is -0.449 e. The van der Waals surface area contributed by atoms with Gasteiger partial charge in [-0.05, 0) is 39.0 Å². The Hall–Kier alpha value is -0.730. The molecule has 1 aliphatic heterocycles. The number of ether oxygens (including phenoxy) is 1. The van der Waals surface area contributed by atoms with E-state index in [1.807, 2.05) is 4.90 Å². The molecular formula is C12H23NO2. The van der Waals surface area contributed by atoms with E-state index in [0.717, 1.165) is 12.8 Å². The molecule has 1 fully saturated rings. The second kappa shape index (κ2) is 5.38. The number of rotatable bonds is 2. The van der Waals surface area contributed by atoms with Crippen LogP contribution in [0.4, 0.5) is 4.79 Å². The Bertz CT molecular complexity index is 206. The van der Waals surface area contributed by atoms with Gasteiger partial charge < -0.3 is 9.64 Å². The number of piperidine rings is 1. The lowest BCUT2D eigenvalue weighted by Gasteiger charge is -2.38. The van der Waals surface area contributed by atoms with Crippen LogP contribution in [-0.4, -0.2) is 29.7 Å². The molecule has 0 bridgehead atoms. The first kappa shape index (κ1) is 12.3. The van der Waals surface area contributed by atoms with Crippen molar-refractivity contribution in [2.45, 2.75) is 59.0 Å². The first-order valence-corrected chi connectivity index (χ1v) is 5.97. The van der Waals surface area contributed by atoms with Crippen LogP contribution in [0.25, 0.3) is 0 Å². The van der Waals surface area contributed by atoms with Crippen molar-refractivity contribution < 1.29 is 9.53 Å². The van der Waals surface area contributed by atoms with Crippen molar-refractivity contribution in [2.24, 2.45) is 5.92 Å². The van der Waals surface area contributed by atoms with E-state index in [1.165, 1.54) is 6.42 Å². The predicted octanol–water partition coefficient (Wildman–Crippen LogP) is 3.04. The molecule has 0 aliphatic carbocycles. The molecule has 1 heterocycles. The summed E-state index contributed by atoms with van der Waals surface area (Å²) < 4.78 is 5.27. The van der Waals surface area contributed by atoms with Crippen LogP contribution in [-0.2, 0) is 4.74 Å². The van der Waals surface area contributed by atoms with Gasteiger partial charge in [-0.2, -0.15) is 0 Å². The van der Waals surface area contributed by atoms with Crippen molar-refractivity contribution in [2.75, 3.05) is 6.61 Å². The maximum absolute atomic E-state index is 11.8. The third-order valence-corrected chi connectivity index (χ3v) is 2.94. The fourth-order valence-electron chi connectivity index (χ4n) is 2.09. The average Bonchev–Trinajstić information content (AvgIpc) is 2.14. The lowest BCUT2D eigenvalue weighted by molar-refractivity contribution is 0.0490. The predicted molar refractivity (Wildman–Crippen MR) is 60.8 cm³/mol. The second-order valence-corrected chi connectivity index (χ2v) is 5.01. The summed E-state index contributed by atoms with van der Waals surface area (Å²) >= 11 is 0. The first-order valence-electron chi connectivity index (χ1n) is 5.97. The van der Waals surface area contributed by atoms with Crippen LogP contribution >= 0.6 is 0 Å². The van der Waals surface area contributed by atoms with Gasteiger partial charge in [-0.3, -0.25) is 0 Å². The lowest BCUT2D eigenvalue weighted by atomic mass is 9.98. The van der Waals surface area contributed by atoms with Crippen molar-refractivity contribution in [1.82, 2.24) is 4.90 Å². The van der Waals surface area contributed by atoms with E-state index < -0.39 is 0 Å². The van der Waals surface area contributed by atoms with E-state index in [0.29, 0.717) is 24.6 Å². The molecule has 1 saturated heterocycles.